The van der Waals surface area contributed by atoms with Gasteiger partial charge in [0.1, 0.15) is 17.5 Å². The lowest BCUT2D eigenvalue weighted by Crippen LogP contribution is -2.48. The van der Waals surface area contributed by atoms with Crippen LogP contribution in [0.25, 0.3) is 16.7 Å². The molecule has 9 rings (SSSR count). The first-order valence-electron chi connectivity index (χ1n) is 18.9. The van der Waals surface area contributed by atoms with E-state index in [4.69, 9.17) is 15.1 Å². The summed E-state index contributed by atoms with van der Waals surface area (Å²) in [5.41, 5.74) is 4.44. The summed E-state index contributed by atoms with van der Waals surface area (Å²) < 4.78 is 19.4. The average Bonchev–Trinajstić information content (AvgIpc) is 3.92. The zero-order valence-electron chi connectivity index (χ0n) is 30.5. The molecule has 2 aromatic carbocycles. The summed E-state index contributed by atoms with van der Waals surface area (Å²) in [6.07, 6.45) is 5.63. The number of aromatic nitrogens is 6. The zero-order valence-corrected chi connectivity index (χ0v) is 30.5. The van der Waals surface area contributed by atoms with Crippen LogP contribution in [0, 0.1) is 5.82 Å². The second kappa shape index (κ2) is 14.4. The number of anilines is 3. The van der Waals surface area contributed by atoms with Gasteiger partial charge in [0.15, 0.2) is 5.65 Å². The lowest BCUT2D eigenvalue weighted by molar-refractivity contribution is -0.134. The zero-order chi connectivity index (χ0) is 37.6. The number of rotatable bonds is 9. The number of halogens is 1. The van der Waals surface area contributed by atoms with E-state index in [1.54, 1.807) is 34.5 Å². The summed E-state index contributed by atoms with van der Waals surface area (Å²) in [6, 6.07) is 21.7. The van der Waals surface area contributed by atoms with E-state index in [-0.39, 0.29) is 36.4 Å². The quantitative estimate of drug-likeness (QED) is 0.209. The van der Waals surface area contributed by atoms with Crippen LogP contribution in [0.5, 0.6) is 0 Å². The van der Waals surface area contributed by atoms with Crippen LogP contribution >= 0.6 is 0 Å². The Morgan fingerprint density at radius 1 is 0.909 bits per heavy atom. The molecule has 2 atom stereocenters. The number of imide groups is 1. The van der Waals surface area contributed by atoms with Gasteiger partial charge in [-0.2, -0.15) is 0 Å². The number of nitrogens with zero attached hydrogens (tertiary/aromatic N) is 9. The van der Waals surface area contributed by atoms with Gasteiger partial charge >= 0.3 is 5.69 Å². The summed E-state index contributed by atoms with van der Waals surface area (Å²) in [6.45, 7) is 4.54. The molecule has 0 bridgehead atoms. The van der Waals surface area contributed by atoms with Crippen molar-refractivity contribution in [1.82, 2.24) is 44.2 Å². The first kappa shape index (κ1) is 34.8. The van der Waals surface area contributed by atoms with Crippen LogP contribution in [0.1, 0.15) is 55.1 Å². The van der Waals surface area contributed by atoms with E-state index in [1.807, 2.05) is 65.3 Å². The minimum absolute atomic E-state index is 0.0163. The Labute approximate surface area is 316 Å². The Morgan fingerprint density at radius 2 is 1.75 bits per heavy atom. The predicted molar refractivity (Wildman–Crippen MR) is 206 cm³/mol. The van der Waals surface area contributed by atoms with Crippen molar-refractivity contribution in [2.24, 2.45) is 7.05 Å². The number of piperidine rings is 1. The van der Waals surface area contributed by atoms with E-state index in [2.05, 4.69) is 25.3 Å². The van der Waals surface area contributed by atoms with Crippen molar-refractivity contribution in [2.75, 3.05) is 49.1 Å². The number of carbonyl (C=O) groups is 2. The highest BCUT2D eigenvalue weighted by Gasteiger charge is 2.33. The molecule has 1 unspecified atom stereocenters. The van der Waals surface area contributed by atoms with Gasteiger partial charge in [0.2, 0.25) is 11.8 Å². The van der Waals surface area contributed by atoms with E-state index in [0.717, 1.165) is 79.8 Å². The van der Waals surface area contributed by atoms with Gasteiger partial charge in [-0.1, -0.05) is 18.2 Å². The van der Waals surface area contributed by atoms with Gasteiger partial charge in [0.25, 0.3) is 0 Å². The summed E-state index contributed by atoms with van der Waals surface area (Å²) in [5.74, 6) is 0.494. The monoisotopic (exact) mass is 743 g/mol. The normalized spacial score (nSPS) is 19.0. The number of imidazole rings is 2. The van der Waals surface area contributed by atoms with Gasteiger partial charge in [-0.3, -0.25) is 28.9 Å². The number of benzene rings is 2. The topological polar surface area (TPSA) is 138 Å². The summed E-state index contributed by atoms with van der Waals surface area (Å²) in [5, 5.41) is 11.1. The molecule has 55 heavy (non-hydrogen) atoms. The van der Waals surface area contributed by atoms with E-state index in [1.165, 1.54) is 6.07 Å². The van der Waals surface area contributed by atoms with Crippen LogP contribution in [0.2, 0.25) is 0 Å². The number of hydrogen-bond donors (Lipinski definition) is 2. The van der Waals surface area contributed by atoms with Crippen LogP contribution in [0.3, 0.4) is 0 Å². The van der Waals surface area contributed by atoms with E-state index in [9.17, 15) is 18.8 Å². The molecule has 6 aromatic rings. The molecule has 2 amide bonds. The van der Waals surface area contributed by atoms with Crippen molar-refractivity contribution in [3.63, 3.8) is 0 Å². The first-order valence-corrected chi connectivity index (χ1v) is 18.9. The van der Waals surface area contributed by atoms with Gasteiger partial charge in [-0.15, -0.1) is 5.10 Å². The Hall–Kier alpha value is -5.93. The lowest BCUT2D eigenvalue weighted by atomic mass is 10.0. The second-order valence-electron chi connectivity index (χ2n) is 14.6. The maximum absolute atomic E-state index is 14.3. The standard InChI is InChI=1S/C40H42FN11O3/c1-47-31-11-10-28(21-32(31)51(40(47)55)29-22-38(53)45-39(54)23-29)50(35-9-2-3-14-43-35)25-34(48-18-15-42-16-19-48)33-24-44-36-12-13-37(46-52(33)36)49-17-5-8-30(49)26-6-4-7-27(41)20-26/h2-4,6-7,9-14,20-21,24,29-30,34,42H,5,8,15-19,22-23,25H2,1H3,(H,45,53,54)/t30-,34?/m1/s1. The molecule has 3 fully saturated rings. The van der Waals surface area contributed by atoms with Crippen LogP contribution in [-0.4, -0.2) is 84.7 Å². The molecule has 7 heterocycles. The third-order valence-electron chi connectivity index (χ3n) is 11.2. The molecule has 0 aliphatic carbocycles. The van der Waals surface area contributed by atoms with Crippen molar-refractivity contribution >= 4 is 45.8 Å². The number of fused-ring (bicyclic) bond motifs is 2. The maximum Gasteiger partial charge on any atom is 0.329 e. The molecule has 282 valence electrons. The molecule has 4 aromatic heterocycles. The fourth-order valence-corrected chi connectivity index (χ4v) is 8.59. The maximum atomic E-state index is 14.3. The van der Waals surface area contributed by atoms with E-state index >= 15 is 0 Å². The Morgan fingerprint density at radius 3 is 2.53 bits per heavy atom. The predicted octanol–water partition coefficient (Wildman–Crippen LogP) is 4.02. The lowest BCUT2D eigenvalue weighted by Gasteiger charge is -2.38. The minimum atomic E-state index is -0.598. The SMILES string of the molecule is Cn1c(=O)n(C2CC(=O)NC(=O)C2)c2cc(N(CC(c3cnc4ccc(N5CCC[C@@H]5c5cccc(F)c5)nn34)N3CCNCC3)c3ccccn3)ccc21. The Balaban J connectivity index is 1.13. The molecule has 0 spiro atoms. The van der Waals surface area contributed by atoms with Crippen molar-refractivity contribution in [3.05, 3.63) is 113 Å². The van der Waals surface area contributed by atoms with Crippen molar-refractivity contribution in [2.45, 2.75) is 43.8 Å². The Bertz CT molecular complexity index is 2440. The van der Waals surface area contributed by atoms with Gasteiger partial charge in [-0.25, -0.2) is 23.7 Å². The van der Waals surface area contributed by atoms with Crippen molar-refractivity contribution < 1.29 is 14.0 Å². The number of carbonyl (C=O) groups excluding carboxylic acids is 2. The summed E-state index contributed by atoms with van der Waals surface area (Å²) in [4.78, 5) is 55.0. The molecular weight excluding hydrogens is 702 g/mol. The molecule has 14 nitrogen and oxygen atoms in total. The van der Waals surface area contributed by atoms with Crippen LogP contribution in [0.15, 0.2) is 90.0 Å². The van der Waals surface area contributed by atoms with Gasteiger partial charge in [0, 0.05) is 71.0 Å². The highest BCUT2D eigenvalue weighted by molar-refractivity contribution is 5.98. The molecular formula is C40H42FN11O3. The number of pyridine rings is 1. The van der Waals surface area contributed by atoms with E-state index in [0.29, 0.717) is 17.6 Å². The summed E-state index contributed by atoms with van der Waals surface area (Å²) in [7, 11) is 1.71. The number of piperazine rings is 1. The third kappa shape index (κ3) is 6.52. The number of aryl methyl sites for hydroxylation is 1. The fraction of sp³-hybridized carbons (Fsp3) is 0.350. The smallest absolute Gasteiger partial charge is 0.329 e. The molecule has 0 radical (unpaired) electrons. The summed E-state index contributed by atoms with van der Waals surface area (Å²) >= 11 is 0. The van der Waals surface area contributed by atoms with Gasteiger partial charge in [0.05, 0.1) is 41.0 Å². The molecule has 15 heteroatoms. The highest BCUT2D eigenvalue weighted by atomic mass is 19.1. The molecule has 3 aliphatic heterocycles. The number of amides is 2. The molecule has 3 aliphatic rings. The Kier molecular flexibility index (Phi) is 9.10. The van der Waals surface area contributed by atoms with Crippen molar-refractivity contribution in [1.29, 1.82) is 0 Å². The first-order chi connectivity index (χ1) is 26.8. The van der Waals surface area contributed by atoms with Crippen molar-refractivity contribution in [3.8, 4) is 0 Å². The largest absolute Gasteiger partial charge is 0.348 e. The van der Waals surface area contributed by atoms with E-state index < -0.39 is 17.9 Å². The van der Waals surface area contributed by atoms with Crippen LogP contribution in [0.4, 0.5) is 21.7 Å². The average molecular weight is 744 g/mol. The second-order valence-corrected chi connectivity index (χ2v) is 14.6. The van der Waals surface area contributed by atoms with Gasteiger partial charge < -0.3 is 15.1 Å². The van der Waals surface area contributed by atoms with Crippen LogP contribution in [-0.2, 0) is 16.6 Å². The third-order valence-corrected chi connectivity index (χ3v) is 11.2. The fourth-order valence-electron chi connectivity index (χ4n) is 8.59. The number of hydrogen-bond acceptors (Lipinski definition) is 10. The van der Waals surface area contributed by atoms with Gasteiger partial charge in [-0.05, 0) is 73.0 Å². The molecule has 0 saturated carbocycles. The number of nitrogens with one attached hydrogen (secondary N) is 2. The molecule has 3 saturated heterocycles. The molecule has 2 N–H and O–H groups in total. The van der Waals surface area contributed by atoms with Crippen LogP contribution < -0.4 is 26.1 Å². The highest BCUT2D eigenvalue weighted by Crippen LogP contribution is 2.37. The minimum Gasteiger partial charge on any atom is -0.348 e.